The van der Waals surface area contributed by atoms with Crippen LogP contribution in [-0.2, 0) is 22.5 Å². The number of ether oxygens (including phenoxy) is 1. The van der Waals surface area contributed by atoms with Gasteiger partial charge in [0.2, 0.25) is 0 Å². The maximum Gasteiger partial charge on any atom is 0.410 e. The first-order valence-electron chi connectivity index (χ1n) is 15.3. The minimum atomic E-state index is -0.898. The highest BCUT2D eigenvalue weighted by atomic mass is 32.1. The van der Waals surface area contributed by atoms with Crippen molar-refractivity contribution in [2.45, 2.75) is 51.8 Å². The fraction of sp³-hybridized carbons (Fsp3) is 0.375. The van der Waals surface area contributed by atoms with Gasteiger partial charge in [0.15, 0.2) is 17.0 Å². The predicted octanol–water partition coefficient (Wildman–Crippen LogP) is 5.12. The number of nitrogens with one attached hydrogen (secondary N) is 1. The molecule has 5 aromatic rings. The number of aromatic nitrogens is 6. The SMILES string of the molecule is CC(C)(C)OC(=O)N1CCN(c2ccc(-c3ccc4cn(C(C(=O)Nc5nccs5)c5ncn6c5CCC6)nc4c3F)cn2)CC1. The van der Waals surface area contributed by atoms with Crippen LogP contribution in [0.2, 0.25) is 0 Å². The number of aryl methyl sites for hydroxylation is 1. The van der Waals surface area contributed by atoms with Crippen LogP contribution in [0.25, 0.3) is 22.0 Å². The van der Waals surface area contributed by atoms with E-state index >= 15 is 4.39 Å². The Balaban J connectivity index is 1.12. The van der Waals surface area contributed by atoms with Gasteiger partial charge in [-0.15, -0.1) is 11.3 Å². The minimum Gasteiger partial charge on any atom is -0.444 e. The summed E-state index contributed by atoms with van der Waals surface area (Å²) in [4.78, 5) is 43.3. The molecule has 0 aliphatic carbocycles. The number of hydrogen-bond acceptors (Lipinski definition) is 9. The number of imidazole rings is 1. The fourth-order valence-electron chi connectivity index (χ4n) is 5.97. The number of carbonyl (C=O) groups excluding carboxylic acids is 2. The molecule has 1 saturated heterocycles. The van der Waals surface area contributed by atoms with E-state index < -0.39 is 17.5 Å². The van der Waals surface area contributed by atoms with Gasteiger partial charge in [-0.3, -0.25) is 14.8 Å². The van der Waals surface area contributed by atoms with Crippen LogP contribution in [0.4, 0.5) is 20.1 Å². The van der Waals surface area contributed by atoms with Gasteiger partial charge < -0.3 is 19.1 Å². The van der Waals surface area contributed by atoms with Crippen molar-refractivity contribution in [3.05, 3.63) is 71.8 Å². The molecule has 2 amide bonds. The molecule has 1 atom stereocenters. The number of nitrogens with zero attached hydrogens (tertiary/aromatic N) is 8. The van der Waals surface area contributed by atoms with E-state index in [0.29, 0.717) is 53.5 Å². The van der Waals surface area contributed by atoms with E-state index in [9.17, 15) is 9.59 Å². The lowest BCUT2D eigenvalue weighted by Crippen LogP contribution is -2.50. The summed E-state index contributed by atoms with van der Waals surface area (Å²) < 4.78 is 25.1. The second-order valence-electron chi connectivity index (χ2n) is 12.4. The van der Waals surface area contributed by atoms with Crippen molar-refractivity contribution in [2.24, 2.45) is 0 Å². The van der Waals surface area contributed by atoms with Crippen molar-refractivity contribution in [1.29, 1.82) is 0 Å². The lowest BCUT2D eigenvalue weighted by molar-refractivity contribution is -0.118. The number of carbonyl (C=O) groups is 2. The smallest absolute Gasteiger partial charge is 0.410 e. The minimum absolute atomic E-state index is 0.155. The van der Waals surface area contributed by atoms with Crippen molar-refractivity contribution < 1.29 is 18.7 Å². The Morgan fingerprint density at radius 3 is 2.59 bits per heavy atom. The second kappa shape index (κ2) is 11.8. The number of halogens is 1. The maximum atomic E-state index is 16.1. The molecule has 0 saturated carbocycles. The van der Waals surface area contributed by atoms with E-state index in [1.165, 1.54) is 16.0 Å². The van der Waals surface area contributed by atoms with Gasteiger partial charge in [0.1, 0.15) is 16.9 Å². The zero-order valence-corrected chi connectivity index (χ0v) is 26.6. The van der Waals surface area contributed by atoms with Crippen molar-refractivity contribution in [3.8, 4) is 11.1 Å². The lowest BCUT2D eigenvalue weighted by atomic mass is 10.1. The number of fused-ring (bicyclic) bond motifs is 2. The molecule has 238 valence electrons. The molecule has 1 unspecified atom stereocenters. The summed E-state index contributed by atoms with van der Waals surface area (Å²) in [6, 6.07) is 6.31. The van der Waals surface area contributed by atoms with Crippen molar-refractivity contribution in [1.82, 2.24) is 34.2 Å². The second-order valence-corrected chi connectivity index (χ2v) is 13.3. The molecule has 2 aliphatic rings. The summed E-state index contributed by atoms with van der Waals surface area (Å²) in [6.45, 7) is 8.68. The van der Waals surface area contributed by atoms with Crippen LogP contribution in [-0.4, -0.2) is 78.0 Å². The quantitative estimate of drug-likeness (QED) is 0.271. The maximum absolute atomic E-state index is 16.1. The standard InChI is InChI=1S/C32H34FN9O3S/c1-32(2,3)45-31(44)40-14-12-39(13-15-40)24-9-7-20(17-35-24)22-8-6-21-18-42(38-26(21)25(22)33)28(29(43)37-30-34-10-16-46-30)27-23-5-4-11-41(23)19-36-27/h6-10,16-19,28H,4-5,11-15H2,1-3H3,(H,34,37,43). The Morgan fingerprint density at radius 1 is 1.04 bits per heavy atom. The molecule has 14 heteroatoms. The topological polar surface area (TPSA) is 123 Å². The molecule has 12 nitrogen and oxygen atoms in total. The van der Waals surface area contributed by atoms with Crippen LogP contribution in [0.3, 0.4) is 0 Å². The number of pyridine rings is 1. The molecule has 1 aromatic carbocycles. The van der Waals surface area contributed by atoms with Crippen LogP contribution in [0, 0.1) is 5.82 Å². The third-order valence-corrected chi connectivity index (χ3v) is 8.86. The average molecular weight is 644 g/mol. The van der Waals surface area contributed by atoms with E-state index in [0.717, 1.165) is 30.9 Å². The molecular formula is C32H34FN9O3S. The number of amides is 2. The lowest BCUT2D eigenvalue weighted by Gasteiger charge is -2.36. The third-order valence-electron chi connectivity index (χ3n) is 8.17. The van der Waals surface area contributed by atoms with Crippen LogP contribution < -0.4 is 10.2 Å². The first-order valence-corrected chi connectivity index (χ1v) is 16.1. The van der Waals surface area contributed by atoms with Crippen molar-refractivity contribution in [2.75, 3.05) is 36.4 Å². The van der Waals surface area contributed by atoms with E-state index in [1.54, 1.807) is 47.3 Å². The number of hydrogen-bond donors (Lipinski definition) is 1. The summed E-state index contributed by atoms with van der Waals surface area (Å²) in [5.74, 6) is -0.0885. The van der Waals surface area contributed by atoms with Gasteiger partial charge in [-0.1, -0.05) is 12.1 Å². The Kier molecular flexibility index (Phi) is 7.67. The Hall–Kier alpha value is -4.85. The van der Waals surface area contributed by atoms with E-state index in [2.05, 4.69) is 34.8 Å². The molecule has 0 radical (unpaired) electrons. The summed E-state index contributed by atoms with van der Waals surface area (Å²) in [6.07, 6.45) is 8.17. The fourth-order valence-corrected chi connectivity index (χ4v) is 6.50. The average Bonchev–Trinajstić information content (AvgIpc) is 3.84. The summed E-state index contributed by atoms with van der Waals surface area (Å²) in [7, 11) is 0. The summed E-state index contributed by atoms with van der Waals surface area (Å²) >= 11 is 1.32. The van der Waals surface area contributed by atoms with Crippen LogP contribution in [0.15, 0.2) is 54.6 Å². The van der Waals surface area contributed by atoms with Gasteiger partial charge in [0.05, 0.1) is 12.0 Å². The van der Waals surface area contributed by atoms with Crippen molar-refractivity contribution >= 4 is 45.2 Å². The normalized spacial score (nSPS) is 15.7. The van der Waals surface area contributed by atoms with E-state index in [1.807, 2.05) is 32.9 Å². The third kappa shape index (κ3) is 5.80. The van der Waals surface area contributed by atoms with Gasteiger partial charge in [0, 0.05) is 78.9 Å². The highest BCUT2D eigenvalue weighted by Crippen LogP contribution is 2.32. The first-order chi connectivity index (χ1) is 22.1. The monoisotopic (exact) mass is 643 g/mol. The Bertz CT molecular complexity index is 1890. The number of benzene rings is 1. The van der Waals surface area contributed by atoms with Gasteiger partial charge >= 0.3 is 6.09 Å². The highest BCUT2D eigenvalue weighted by molar-refractivity contribution is 7.13. The van der Waals surface area contributed by atoms with Gasteiger partial charge in [-0.05, 0) is 45.7 Å². The van der Waals surface area contributed by atoms with Crippen LogP contribution in [0.1, 0.15) is 44.6 Å². The Labute approximate surface area is 268 Å². The molecule has 0 bridgehead atoms. The molecule has 46 heavy (non-hydrogen) atoms. The predicted molar refractivity (Wildman–Crippen MR) is 172 cm³/mol. The van der Waals surface area contributed by atoms with Gasteiger partial charge in [-0.2, -0.15) is 5.10 Å². The molecule has 2 aliphatic heterocycles. The van der Waals surface area contributed by atoms with Crippen molar-refractivity contribution in [3.63, 3.8) is 0 Å². The molecule has 6 heterocycles. The summed E-state index contributed by atoms with van der Waals surface area (Å²) in [5.41, 5.74) is 2.17. The molecule has 7 rings (SSSR count). The first kappa shape index (κ1) is 29.8. The number of thiazole rings is 1. The largest absolute Gasteiger partial charge is 0.444 e. The molecular weight excluding hydrogens is 609 g/mol. The van der Waals surface area contributed by atoms with E-state index in [-0.39, 0.29) is 17.5 Å². The number of rotatable bonds is 6. The van der Waals surface area contributed by atoms with Gasteiger partial charge in [-0.25, -0.2) is 24.1 Å². The summed E-state index contributed by atoms with van der Waals surface area (Å²) in [5, 5.41) is 10.3. The van der Waals surface area contributed by atoms with Crippen LogP contribution >= 0.6 is 11.3 Å². The van der Waals surface area contributed by atoms with Crippen LogP contribution in [0.5, 0.6) is 0 Å². The van der Waals surface area contributed by atoms with E-state index in [4.69, 9.17) is 4.74 Å². The molecule has 1 fully saturated rings. The number of piperazine rings is 1. The zero-order valence-electron chi connectivity index (χ0n) is 25.8. The Morgan fingerprint density at radius 2 is 1.87 bits per heavy atom. The highest BCUT2D eigenvalue weighted by Gasteiger charge is 2.32. The number of anilines is 2. The molecule has 4 aromatic heterocycles. The zero-order chi connectivity index (χ0) is 32.0. The molecule has 0 spiro atoms. The molecule has 1 N–H and O–H groups in total. The van der Waals surface area contributed by atoms with Gasteiger partial charge in [0.25, 0.3) is 5.91 Å².